The van der Waals surface area contributed by atoms with Gasteiger partial charge in [-0.15, -0.1) is 11.3 Å². The van der Waals surface area contributed by atoms with Crippen LogP contribution in [0.3, 0.4) is 0 Å². The van der Waals surface area contributed by atoms with Crippen LogP contribution >= 0.6 is 11.3 Å². The number of aromatic nitrogens is 1. The fourth-order valence-corrected chi connectivity index (χ4v) is 3.13. The molecule has 2 aromatic carbocycles. The van der Waals surface area contributed by atoms with E-state index in [-0.39, 0.29) is 5.82 Å². The Balaban J connectivity index is 1.83. The van der Waals surface area contributed by atoms with Gasteiger partial charge in [0, 0.05) is 22.8 Å². The zero-order chi connectivity index (χ0) is 18.5. The maximum Gasteiger partial charge on any atom is 0.136 e. The predicted octanol–water partition coefficient (Wildman–Crippen LogP) is 5.24. The number of hydrogen-bond acceptors (Lipinski definition) is 5. The van der Waals surface area contributed by atoms with Crippen molar-refractivity contribution >= 4 is 22.6 Å². The van der Waals surface area contributed by atoms with Crippen molar-refractivity contribution in [3.05, 3.63) is 70.4 Å². The lowest BCUT2D eigenvalue weighted by Gasteiger charge is -2.05. The van der Waals surface area contributed by atoms with Crippen LogP contribution in [0.25, 0.3) is 16.8 Å². The van der Waals surface area contributed by atoms with Crippen LogP contribution < -0.4 is 10.1 Å². The second-order valence-corrected chi connectivity index (χ2v) is 6.40. The van der Waals surface area contributed by atoms with Gasteiger partial charge in [-0.3, -0.25) is 0 Å². The molecule has 0 saturated heterocycles. The van der Waals surface area contributed by atoms with E-state index < -0.39 is 0 Å². The number of anilines is 1. The quantitative estimate of drug-likeness (QED) is 0.628. The molecular weight excluding hydrogens is 349 g/mol. The monoisotopic (exact) mass is 365 g/mol. The zero-order valence-electron chi connectivity index (χ0n) is 14.3. The van der Waals surface area contributed by atoms with Gasteiger partial charge in [0.1, 0.15) is 28.2 Å². The van der Waals surface area contributed by atoms with E-state index in [1.165, 1.54) is 23.5 Å². The van der Waals surface area contributed by atoms with E-state index >= 15 is 0 Å². The Morgan fingerprint density at radius 3 is 2.73 bits per heavy atom. The average Bonchev–Trinajstić information content (AvgIpc) is 3.15. The summed E-state index contributed by atoms with van der Waals surface area (Å²) in [4.78, 5) is 4.53. The summed E-state index contributed by atoms with van der Waals surface area (Å²) in [5.41, 5.74) is 3.62. The standard InChI is InChI=1S/C20H16FN3OS/c1-13-3-6-16(21)9-18(13)23-11-15(10-22)20-24-19(12-26-20)14-4-7-17(25-2)8-5-14/h3-9,11-12,23H,1-2H3/b15-11-. The van der Waals surface area contributed by atoms with Crippen molar-refractivity contribution in [1.29, 1.82) is 5.26 Å². The molecular formula is C20H16FN3OS. The highest BCUT2D eigenvalue weighted by atomic mass is 32.1. The lowest BCUT2D eigenvalue weighted by Crippen LogP contribution is -1.94. The molecule has 0 radical (unpaired) electrons. The summed E-state index contributed by atoms with van der Waals surface area (Å²) in [7, 11) is 1.62. The first-order chi connectivity index (χ1) is 12.6. The molecule has 0 unspecified atom stereocenters. The van der Waals surface area contributed by atoms with Crippen molar-refractivity contribution in [2.75, 3.05) is 12.4 Å². The van der Waals surface area contributed by atoms with Gasteiger partial charge in [0.2, 0.25) is 0 Å². The van der Waals surface area contributed by atoms with Gasteiger partial charge in [0.15, 0.2) is 0 Å². The fourth-order valence-electron chi connectivity index (χ4n) is 2.33. The first-order valence-corrected chi connectivity index (χ1v) is 8.72. The number of nitrogens with one attached hydrogen (secondary N) is 1. The molecule has 1 heterocycles. The van der Waals surface area contributed by atoms with Crippen LogP contribution in [-0.4, -0.2) is 12.1 Å². The van der Waals surface area contributed by atoms with Gasteiger partial charge >= 0.3 is 0 Å². The first kappa shape index (κ1) is 17.6. The minimum absolute atomic E-state index is 0.332. The van der Waals surface area contributed by atoms with E-state index in [1.54, 1.807) is 19.4 Å². The third-order valence-corrected chi connectivity index (χ3v) is 4.69. The second kappa shape index (κ2) is 7.81. The summed E-state index contributed by atoms with van der Waals surface area (Å²) in [6.07, 6.45) is 1.55. The number of ether oxygens (including phenoxy) is 1. The predicted molar refractivity (Wildman–Crippen MR) is 102 cm³/mol. The number of hydrogen-bond donors (Lipinski definition) is 1. The topological polar surface area (TPSA) is 57.9 Å². The van der Waals surface area contributed by atoms with Gasteiger partial charge in [0.25, 0.3) is 0 Å². The molecule has 4 nitrogen and oxygen atoms in total. The Morgan fingerprint density at radius 1 is 1.27 bits per heavy atom. The van der Waals surface area contributed by atoms with Crippen molar-refractivity contribution in [3.63, 3.8) is 0 Å². The van der Waals surface area contributed by atoms with Gasteiger partial charge in [0.05, 0.1) is 12.8 Å². The van der Waals surface area contributed by atoms with Crippen molar-refractivity contribution in [1.82, 2.24) is 4.98 Å². The number of benzene rings is 2. The summed E-state index contributed by atoms with van der Waals surface area (Å²) >= 11 is 1.38. The molecule has 3 aromatic rings. The molecule has 0 bridgehead atoms. The van der Waals surface area contributed by atoms with Crippen molar-refractivity contribution < 1.29 is 9.13 Å². The highest BCUT2D eigenvalue weighted by Gasteiger charge is 2.09. The summed E-state index contributed by atoms with van der Waals surface area (Å²) in [5, 5.41) is 14.9. The molecule has 1 aromatic heterocycles. The Labute approximate surface area is 155 Å². The maximum absolute atomic E-state index is 13.4. The fraction of sp³-hybridized carbons (Fsp3) is 0.100. The Kier molecular flexibility index (Phi) is 5.30. The number of allylic oxidation sites excluding steroid dienone is 1. The summed E-state index contributed by atoms with van der Waals surface area (Å²) in [6, 6.07) is 14.2. The summed E-state index contributed by atoms with van der Waals surface area (Å²) in [6.45, 7) is 1.87. The van der Waals surface area contributed by atoms with Crippen LogP contribution in [0.1, 0.15) is 10.6 Å². The van der Waals surface area contributed by atoms with Crippen LogP contribution in [0.4, 0.5) is 10.1 Å². The number of rotatable bonds is 5. The number of methoxy groups -OCH3 is 1. The molecule has 0 atom stereocenters. The van der Waals surface area contributed by atoms with Gasteiger partial charge in [-0.2, -0.15) is 5.26 Å². The van der Waals surface area contributed by atoms with Gasteiger partial charge < -0.3 is 10.1 Å². The molecule has 3 rings (SSSR count). The minimum Gasteiger partial charge on any atom is -0.497 e. The average molecular weight is 365 g/mol. The number of nitrogens with zero attached hydrogens (tertiary/aromatic N) is 2. The molecule has 130 valence electrons. The SMILES string of the molecule is COc1ccc(-c2csc(/C(C#N)=C\Nc3cc(F)ccc3C)n2)cc1. The third kappa shape index (κ3) is 3.90. The molecule has 0 fully saturated rings. The molecule has 0 aliphatic rings. The number of halogens is 1. The Morgan fingerprint density at radius 2 is 2.04 bits per heavy atom. The van der Waals surface area contributed by atoms with Gasteiger partial charge in [-0.05, 0) is 48.9 Å². The lowest BCUT2D eigenvalue weighted by molar-refractivity contribution is 0.415. The van der Waals surface area contributed by atoms with E-state index in [4.69, 9.17) is 4.74 Å². The number of nitriles is 1. The van der Waals surface area contributed by atoms with Crippen LogP contribution in [0.5, 0.6) is 5.75 Å². The van der Waals surface area contributed by atoms with Crippen molar-refractivity contribution in [3.8, 4) is 23.1 Å². The van der Waals surface area contributed by atoms with Crippen LogP contribution in [0.2, 0.25) is 0 Å². The lowest BCUT2D eigenvalue weighted by atomic mass is 10.2. The van der Waals surface area contributed by atoms with Gasteiger partial charge in [-0.1, -0.05) is 6.07 Å². The van der Waals surface area contributed by atoms with E-state index in [2.05, 4.69) is 16.4 Å². The van der Waals surface area contributed by atoms with Crippen molar-refractivity contribution in [2.24, 2.45) is 0 Å². The van der Waals surface area contributed by atoms with E-state index in [9.17, 15) is 9.65 Å². The highest BCUT2D eigenvalue weighted by molar-refractivity contribution is 7.11. The van der Waals surface area contributed by atoms with E-state index in [0.29, 0.717) is 16.3 Å². The van der Waals surface area contributed by atoms with Crippen LogP contribution in [0.15, 0.2) is 54.0 Å². The molecule has 6 heteroatoms. The second-order valence-electron chi connectivity index (χ2n) is 5.54. The summed E-state index contributed by atoms with van der Waals surface area (Å²) in [5.74, 6) is 0.442. The van der Waals surface area contributed by atoms with Crippen LogP contribution in [-0.2, 0) is 0 Å². The van der Waals surface area contributed by atoms with Crippen molar-refractivity contribution in [2.45, 2.75) is 6.92 Å². The first-order valence-electron chi connectivity index (χ1n) is 7.84. The zero-order valence-corrected chi connectivity index (χ0v) is 15.1. The molecule has 0 spiro atoms. The smallest absolute Gasteiger partial charge is 0.136 e. The Hall–Kier alpha value is -3.17. The maximum atomic E-state index is 13.4. The normalized spacial score (nSPS) is 11.1. The molecule has 1 N–H and O–H groups in total. The minimum atomic E-state index is -0.332. The largest absolute Gasteiger partial charge is 0.497 e. The van der Waals surface area contributed by atoms with Gasteiger partial charge in [-0.25, -0.2) is 9.37 Å². The molecule has 0 saturated carbocycles. The van der Waals surface area contributed by atoms with Crippen LogP contribution in [0, 0.1) is 24.1 Å². The molecule has 0 aliphatic carbocycles. The number of aryl methyl sites for hydroxylation is 1. The molecule has 0 aliphatic heterocycles. The molecule has 26 heavy (non-hydrogen) atoms. The van der Waals surface area contributed by atoms with E-state index in [0.717, 1.165) is 22.6 Å². The summed E-state index contributed by atoms with van der Waals surface area (Å²) < 4.78 is 18.5. The van der Waals surface area contributed by atoms with E-state index in [1.807, 2.05) is 36.6 Å². The third-order valence-electron chi connectivity index (χ3n) is 3.81. The molecule has 0 amide bonds. The highest BCUT2D eigenvalue weighted by Crippen LogP contribution is 2.27. The number of thiazole rings is 1. The Bertz CT molecular complexity index is 987.